The minimum absolute atomic E-state index is 0.240. The van der Waals surface area contributed by atoms with E-state index < -0.39 is 11.7 Å². The van der Waals surface area contributed by atoms with Crippen molar-refractivity contribution in [1.82, 2.24) is 24.8 Å². The molecule has 2 aromatic heterocycles. The van der Waals surface area contributed by atoms with Crippen molar-refractivity contribution in [2.45, 2.75) is 37.8 Å². The van der Waals surface area contributed by atoms with E-state index >= 15 is 0 Å². The minimum Gasteiger partial charge on any atom is -0.374 e. The first-order valence-corrected chi connectivity index (χ1v) is 9.46. The summed E-state index contributed by atoms with van der Waals surface area (Å²) in [5.41, 5.74) is -0.350. The van der Waals surface area contributed by atoms with Gasteiger partial charge in [-0.15, -0.1) is 10.2 Å². The van der Waals surface area contributed by atoms with Gasteiger partial charge in [0.2, 0.25) is 0 Å². The summed E-state index contributed by atoms with van der Waals surface area (Å²) in [6, 6.07) is 2.34. The van der Waals surface area contributed by atoms with Crippen LogP contribution in [0.1, 0.15) is 24.2 Å². The molecular formula is C18H21F3N6O. The highest BCUT2D eigenvalue weighted by atomic mass is 19.4. The van der Waals surface area contributed by atoms with Crippen LogP contribution >= 0.6 is 0 Å². The lowest BCUT2D eigenvalue weighted by molar-refractivity contribution is -0.137. The van der Waals surface area contributed by atoms with Gasteiger partial charge in [-0.05, 0) is 25.0 Å². The van der Waals surface area contributed by atoms with E-state index in [0.717, 1.165) is 44.2 Å². The zero-order valence-corrected chi connectivity index (χ0v) is 15.4. The summed E-state index contributed by atoms with van der Waals surface area (Å²) in [6.07, 6.45) is -0.380. The van der Waals surface area contributed by atoms with Crippen LogP contribution in [0.2, 0.25) is 0 Å². The zero-order chi connectivity index (χ0) is 19.5. The van der Waals surface area contributed by atoms with Gasteiger partial charge in [0, 0.05) is 38.2 Å². The van der Waals surface area contributed by atoms with E-state index in [-0.39, 0.29) is 6.54 Å². The number of alkyl halides is 3. The van der Waals surface area contributed by atoms with Gasteiger partial charge in [0.1, 0.15) is 0 Å². The summed E-state index contributed by atoms with van der Waals surface area (Å²) >= 11 is 0. The lowest BCUT2D eigenvalue weighted by atomic mass is 9.82. The van der Waals surface area contributed by atoms with E-state index in [1.54, 1.807) is 7.05 Å². The fourth-order valence-electron chi connectivity index (χ4n) is 4.85. The number of hydrogen-bond acceptors (Lipinski definition) is 4. The van der Waals surface area contributed by atoms with E-state index in [2.05, 4.69) is 25.4 Å². The third-order valence-corrected chi connectivity index (χ3v) is 6.17. The van der Waals surface area contributed by atoms with Crippen LogP contribution in [0, 0.1) is 11.8 Å². The number of rotatable bonds is 2. The highest BCUT2D eigenvalue weighted by Crippen LogP contribution is 2.47. The molecule has 10 heteroatoms. The molecular weight excluding hydrogens is 373 g/mol. The molecule has 4 unspecified atom stereocenters. The topological polar surface area (TPSA) is 67.0 Å². The molecule has 0 spiro atoms. The number of likely N-dealkylation sites (tertiary alicyclic amines) is 1. The number of ether oxygens (including phenoxy) is 1. The van der Waals surface area contributed by atoms with Gasteiger partial charge in [-0.1, -0.05) is 0 Å². The molecule has 0 saturated carbocycles. The van der Waals surface area contributed by atoms with Crippen LogP contribution in [0.4, 0.5) is 13.2 Å². The summed E-state index contributed by atoms with van der Waals surface area (Å²) in [5, 5.41) is 11.2. The molecule has 1 N–H and O–H groups in total. The van der Waals surface area contributed by atoms with Crippen LogP contribution in [0.5, 0.6) is 0 Å². The first kappa shape index (κ1) is 17.7. The van der Waals surface area contributed by atoms with Crippen molar-refractivity contribution in [1.29, 1.82) is 0 Å². The molecule has 5 heterocycles. The number of halogens is 3. The van der Waals surface area contributed by atoms with E-state index in [4.69, 9.17) is 4.74 Å². The summed E-state index contributed by atoms with van der Waals surface area (Å²) in [7, 11) is 1.71. The van der Waals surface area contributed by atoms with E-state index in [1.807, 2.05) is 0 Å². The molecule has 0 aliphatic carbocycles. The number of pyridine rings is 1. The van der Waals surface area contributed by atoms with Crippen LogP contribution in [0.25, 0.3) is 5.65 Å². The molecule has 3 aliphatic heterocycles. The zero-order valence-electron chi connectivity index (χ0n) is 15.4. The molecule has 7 nitrogen and oxygen atoms in total. The van der Waals surface area contributed by atoms with Crippen LogP contribution in [0.3, 0.4) is 0 Å². The Morgan fingerprint density at radius 3 is 2.57 bits per heavy atom. The fraction of sp³-hybridized carbons (Fsp3) is 0.611. The Balaban J connectivity index is 1.30. The van der Waals surface area contributed by atoms with Gasteiger partial charge >= 0.3 is 6.18 Å². The molecule has 3 saturated heterocycles. The van der Waals surface area contributed by atoms with Crippen molar-refractivity contribution in [3.63, 3.8) is 0 Å². The number of aromatic nitrogens is 3. The number of nitrogens with one attached hydrogen (secondary N) is 1. The summed E-state index contributed by atoms with van der Waals surface area (Å²) in [4.78, 5) is 6.57. The molecule has 5 rings (SSSR count). The number of guanidine groups is 1. The maximum Gasteiger partial charge on any atom is 0.417 e. The third-order valence-electron chi connectivity index (χ3n) is 6.17. The number of nitrogens with zero attached hydrogens (tertiary/aromatic N) is 5. The Hall–Kier alpha value is -2.36. The van der Waals surface area contributed by atoms with E-state index in [0.29, 0.717) is 35.5 Å². The second kappa shape index (κ2) is 6.33. The molecule has 0 radical (unpaired) electrons. The predicted molar refractivity (Wildman–Crippen MR) is 94.6 cm³/mol. The monoisotopic (exact) mass is 394 g/mol. The average Bonchev–Trinajstić information content (AvgIpc) is 3.42. The summed E-state index contributed by atoms with van der Waals surface area (Å²) in [6.45, 7) is 2.03. The van der Waals surface area contributed by atoms with Crippen LogP contribution in [-0.2, 0) is 17.5 Å². The summed E-state index contributed by atoms with van der Waals surface area (Å²) in [5.74, 6) is 2.23. The fourth-order valence-corrected chi connectivity index (χ4v) is 4.85. The molecule has 3 aliphatic rings. The number of fused-ring (bicyclic) bond motifs is 6. The van der Waals surface area contributed by atoms with Crippen molar-refractivity contribution >= 4 is 11.6 Å². The Labute approximate surface area is 159 Å². The van der Waals surface area contributed by atoms with E-state index in [9.17, 15) is 13.2 Å². The van der Waals surface area contributed by atoms with Crippen molar-refractivity contribution in [3.8, 4) is 0 Å². The first-order chi connectivity index (χ1) is 13.4. The standard InChI is InChI=1S/C18H21F3N6O/c1-22-17(26-8-11-12(9-26)14-4-3-13(11)28-14)23-6-16-25-24-15-5-2-10(7-27(15)16)18(19,20)21/h2,5,7,11-14H,3-4,6,8-9H2,1H3,(H,22,23). The smallest absolute Gasteiger partial charge is 0.374 e. The molecule has 0 aromatic carbocycles. The maximum atomic E-state index is 13.0. The van der Waals surface area contributed by atoms with Gasteiger partial charge in [0.05, 0.1) is 24.3 Å². The Morgan fingerprint density at radius 1 is 1.21 bits per heavy atom. The molecule has 2 bridgehead atoms. The maximum absolute atomic E-state index is 13.0. The lowest BCUT2D eigenvalue weighted by Crippen LogP contribution is -2.41. The quantitative estimate of drug-likeness (QED) is 0.623. The van der Waals surface area contributed by atoms with Gasteiger partial charge in [-0.2, -0.15) is 13.2 Å². The largest absolute Gasteiger partial charge is 0.417 e. The molecule has 2 aromatic rings. The Kier molecular flexibility index (Phi) is 4.01. The highest BCUT2D eigenvalue weighted by molar-refractivity contribution is 5.80. The van der Waals surface area contributed by atoms with Crippen molar-refractivity contribution in [2.24, 2.45) is 16.8 Å². The summed E-state index contributed by atoms with van der Waals surface area (Å²) < 4.78 is 46.4. The predicted octanol–water partition coefficient (Wildman–Crippen LogP) is 1.93. The molecule has 150 valence electrons. The van der Waals surface area contributed by atoms with Crippen LogP contribution in [-0.4, -0.2) is 57.8 Å². The molecule has 3 fully saturated rings. The van der Waals surface area contributed by atoms with Crippen LogP contribution in [0.15, 0.2) is 23.3 Å². The second-order valence-electron chi connectivity index (χ2n) is 7.68. The normalized spacial score (nSPS) is 29.7. The first-order valence-electron chi connectivity index (χ1n) is 9.46. The molecule has 0 amide bonds. The molecule has 4 atom stereocenters. The van der Waals surface area contributed by atoms with Crippen LogP contribution < -0.4 is 5.32 Å². The number of aliphatic imine (C=N–C) groups is 1. The third kappa shape index (κ3) is 2.81. The average molecular weight is 394 g/mol. The van der Waals surface area contributed by atoms with Gasteiger partial charge in [0.15, 0.2) is 17.4 Å². The van der Waals surface area contributed by atoms with Gasteiger partial charge < -0.3 is 15.0 Å². The molecule has 28 heavy (non-hydrogen) atoms. The highest BCUT2D eigenvalue weighted by Gasteiger charge is 2.53. The Bertz CT molecular complexity index is 908. The van der Waals surface area contributed by atoms with Gasteiger partial charge in [-0.3, -0.25) is 9.39 Å². The van der Waals surface area contributed by atoms with Crippen molar-refractivity contribution in [3.05, 3.63) is 29.7 Å². The van der Waals surface area contributed by atoms with Crippen molar-refractivity contribution in [2.75, 3.05) is 20.1 Å². The van der Waals surface area contributed by atoms with Crippen molar-refractivity contribution < 1.29 is 17.9 Å². The van der Waals surface area contributed by atoms with Gasteiger partial charge in [-0.25, -0.2) is 0 Å². The Morgan fingerprint density at radius 2 is 1.93 bits per heavy atom. The van der Waals surface area contributed by atoms with Gasteiger partial charge in [0.25, 0.3) is 0 Å². The minimum atomic E-state index is -4.41. The lowest BCUT2D eigenvalue weighted by Gasteiger charge is -2.23. The number of hydrogen-bond donors (Lipinski definition) is 1. The SMILES string of the molecule is CN=C(NCc1nnc2ccc(C(F)(F)F)cn12)N1CC2C3CCC(O3)C2C1. The van der Waals surface area contributed by atoms with E-state index in [1.165, 1.54) is 10.5 Å². The second-order valence-corrected chi connectivity index (χ2v) is 7.68.